The van der Waals surface area contributed by atoms with Crippen LogP contribution < -0.4 is 9.64 Å². The van der Waals surface area contributed by atoms with Crippen molar-refractivity contribution in [2.24, 2.45) is 0 Å². The molecule has 2 heterocycles. The van der Waals surface area contributed by atoms with E-state index in [1.165, 1.54) is 35.5 Å². The van der Waals surface area contributed by atoms with Crippen molar-refractivity contribution >= 4 is 56.6 Å². The highest BCUT2D eigenvalue weighted by Gasteiger charge is 2.32. The third kappa shape index (κ3) is 5.45. The predicted octanol–water partition coefficient (Wildman–Crippen LogP) is 6.33. The monoisotopic (exact) mass is 530 g/mol. The van der Waals surface area contributed by atoms with E-state index in [1.807, 2.05) is 4.57 Å². The SMILES string of the molecule is COc1ccc(Cl)c2sc(N(CCCn3ccnc3)C(=O)c3cccc(C(F)(F)F)c3)nc12.Cl. The molecule has 180 valence electrons. The number of fused-ring (bicyclic) bond motifs is 1. The predicted molar refractivity (Wildman–Crippen MR) is 128 cm³/mol. The topological polar surface area (TPSA) is 60.2 Å². The fourth-order valence-electron chi connectivity index (χ4n) is 3.32. The second kappa shape index (κ2) is 10.6. The first-order valence-electron chi connectivity index (χ1n) is 9.86. The van der Waals surface area contributed by atoms with Gasteiger partial charge in [-0.2, -0.15) is 13.2 Å². The highest BCUT2D eigenvalue weighted by atomic mass is 35.5. The number of carbonyl (C=O) groups is 1. The Bertz CT molecular complexity index is 1280. The highest BCUT2D eigenvalue weighted by Crippen LogP contribution is 2.39. The fraction of sp³-hybridized carbons (Fsp3) is 0.227. The summed E-state index contributed by atoms with van der Waals surface area (Å²) in [6.07, 6.45) is 1.07. The maximum atomic E-state index is 13.4. The molecule has 0 fully saturated rings. The number of aromatic nitrogens is 3. The Morgan fingerprint density at radius 3 is 2.74 bits per heavy atom. The zero-order valence-electron chi connectivity index (χ0n) is 17.8. The van der Waals surface area contributed by atoms with Gasteiger partial charge in [-0.3, -0.25) is 9.69 Å². The number of alkyl halides is 3. The maximum Gasteiger partial charge on any atom is 0.416 e. The molecule has 2 aromatic heterocycles. The second-order valence-electron chi connectivity index (χ2n) is 7.11. The maximum absolute atomic E-state index is 13.4. The third-order valence-corrected chi connectivity index (χ3v) is 6.48. The molecule has 4 rings (SSSR count). The van der Waals surface area contributed by atoms with Crippen LogP contribution in [-0.2, 0) is 12.7 Å². The van der Waals surface area contributed by atoms with E-state index in [0.717, 1.165) is 12.1 Å². The fourth-order valence-corrected chi connectivity index (χ4v) is 4.60. The molecule has 1 amide bonds. The number of halogens is 5. The van der Waals surface area contributed by atoms with Gasteiger partial charge in [-0.15, -0.1) is 12.4 Å². The molecule has 0 bridgehead atoms. The molecule has 0 saturated carbocycles. The van der Waals surface area contributed by atoms with Crippen LogP contribution in [-0.4, -0.2) is 34.1 Å². The van der Waals surface area contributed by atoms with Gasteiger partial charge in [0.25, 0.3) is 5.91 Å². The quantitative estimate of drug-likeness (QED) is 0.280. The number of anilines is 1. The van der Waals surface area contributed by atoms with Gasteiger partial charge in [0, 0.05) is 31.0 Å². The number of ether oxygens (including phenoxy) is 1. The Morgan fingerprint density at radius 2 is 2.06 bits per heavy atom. The Labute approximate surface area is 208 Å². The zero-order chi connectivity index (χ0) is 23.6. The summed E-state index contributed by atoms with van der Waals surface area (Å²) in [5, 5.41) is 0.767. The van der Waals surface area contributed by atoms with Gasteiger partial charge in [-0.1, -0.05) is 29.0 Å². The van der Waals surface area contributed by atoms with Gasteiger partial charge in [0.15, 0.2) is 5.13 Å². The first-order chi connectivity index (χ1) is 15.8. The molecule has 0 N–H and O–H groups in total. The van der Waals surface area contributed by atoms with Crippen LogP contribution >= 0.6 is 35.3 Å². The number of aryl methyl sites for hydroxylation is 1. The lowest BCUT2D eigenvalue weighted by molar-refractivity contribution is -0.137. The number of nitrogens with zero attached hydrogens (tertiary/aromatic N) is 4. The number of rotatable bonds is 7. The lowest BCUT2D eigenvalue weighted by atomic mass is 10.1. The van der Waals surface area contributed by atoms with Crippen molar-refractivity contribution in [3.05, 3.63) is 71.3 Å². The van der Waals surface area contributed by atoms with Crippen molar-refractivity contribution in [3.8, 4) is 5.75 Å². The number of thiazole rings is 1. The minimum atomic E-state index is -4.56. The van der Waals surface area contributed by atoms with Gasteiger partial charge in [0.05, 0.1) is 28.7 Å². The van der Waals surface area contributed by atoms with Crippen molar-refractivity contribution < 1.29 is 22.7 Å². The molecular weight excluding hydrogens is 512 g/mol. The number of hydrogen-bond donors (Lipinski definition) is 0. The van der Waals surface area contributed by atoms with E-state index in [1.54, 1.807) is 30.9 Å². The van der Waals surface area contributed by atoms with Crippen molar-refractivity contribution in [3.63, 3.8) is 0 Å². The number of imidazole rings is 1. The van der Waals surface area contributed by atoms with Crippen LogP contribution in [0.5, 0.6) is 5.75 Å². The summed E-state index contributed by atoms with van der Waals surface area (Å²) in [5.41, 5.74) is -0.480. The molecular formula is C22H19Cl2F3N4O2S. The van der Waals surface area contributed by atoms with Crippen LogP contribution in [0.2, 0.25) is 5.02 Å². The van der Waals surface area contributed by atoms with Crippen molar-refractivity contribution in [2.75, 3.05) is 18.6 Å². The number of methoxy groups -OCH3 is 1. The van der Waals surface area contributed by atoms with Gasteiger partial charge in [0.1, 0.15) is 11.3 Å². The standard InChI is InChI=1S/C22H18ClF3N4O2S.ClH/c1-32-17-7-6-16(23)19-18(17)28-21(33-19)30(10-3-9-29-11-8-27-13-29)20(31)14-4-2-5-15(12-14)22(24,25)26;/h2,4-8,11-13H,3,9-10H2,1H3;1H. The molecule has 0 spiro atoms. The Balaban J connectivity index is 0.00000324. The molecule has 12 heteroatoms. The smallest absolute Gasteiger partial charge is 0.416 e. The summed E-state index contributed by atoms with van der Waals surface area (Å²) in [7, 11) is 1.50. The van der Waals surface area contributed by atoms with E-state index in [2.05, 4.69) is 9.97 Å². The van der Waals surface area contributed by atoms with Gasteiger partial charge < -0.3 is 9.30 Å². The molecule has 0 aliphatic rings. The number of hydrogen-bond acceptors (Lipinski definition) is 5. The second-order valence-corrected chi connectivity index (χ2v) is 8.50. The molecule has 4 aromatic rings. The highest BCUT2D eigenvalue weighted by molar-refractivity contribution is 7.23. The lowest BCUT2D eigenvalue weighted by Crippen LogP contribution is -2.32. The van der Waals surface area contributed by atoms with E-state index >= 15 is 0 Å². The summed E-state index contributed by atoms with van der Waals surface area (Å²) >= 11 is 7.50. The van der Waals surface area contributed by atoms with Crippen LogP contribution in [0.4, 0.5) is 18.3 Å². The van der Waals surface area contributed by atoms with Crippen molar-refractivity contribution in [2.45, 2.75) is 19.1 Å². The van der Waals surface area contributed by atoms with E-state index < -0.39 is 17.6 Å². The average molecular weight is 531 g/mol. The Hall–Kier alpha value is -2.82. The normalized spacial score (nSPS) is 11.3. The summed E-state index contributed by atoms with van der Waals surface area (Å²) in [6, 6.07) is 7.71. The molecule has 6 nitrogen and oxygen atoms in total. The first kappa shape index (κ1) is 25.8. The van der Waals surface area contributed by atoms with Crippen LogP contribution in [0, 0.1) is 0 Å². The van der Waals surface area contributed by atoms with Gasteiger partial charge in [-0.25, -0.2) is 9.97 Å². The van der Waals surface area contributed by atoms with Gasteiger partial charge >= 0.3 is 6.18 Å². The minimum Gasteiger partial charge on any atom is -0.494 e. The van der Waals surface area contributed by atoms with E-state index in [4.69, 9.17) is 16.3 Å². The molecule has 0 saturated heterocycles. The number of carbonyl (C=O) groups excluding carboxylic acids is 1. The van der Waals surface area contributed by atoms with Gasteiger partial charge in [-0.05, 0) is 36.8 Å². The average Bonchev–Trinajstić information content (AvgIpc) is 3.47. The first-order valence-corrected chi connectivity index (χ1v) is 11.1. The Kier molecular flexibility index (Phi) is 8.06. The molecule has 34 heavy (non-hydrogen) atoms. The van der Waals surface area contributed by atoms with Crippen molar-refractivity contribution in [1.29, 1.82) is 0 Å². The largest absolute Gasteiger partial charge is 0.494 e. The third-order valence-electron chi connectivity index (χ3n) is 4.94. The summed E-state index contributed by atoms with van der Waals surface area (Å²) in [5.74, 6) is -0.0948. The summed E-state index contributed by atoms with van der Waals surface area (Å²) in [6.45, 7) is 0.800. The minimum absolute atomic E-state index is 0. The van der Waals surface area contributed by atoms with Crippen LogP contribution in [0.3, 0.4) is 0 Å². The van der Waals surface area contributed by atoms with Crippen LogP contribution in [0.15, 0.2) is 55.1 Å². The van der Waals surface area contributed by atoms with E-state index in [-0.39, 0.29) is 24.5 Å². The van der Waals surface area contributed by atoms with Crippen molar-refractivity contribution in [1.82, 2.24) is 14.5 Å². The Morgan fingerprint density at radius 1 is 1.26 bits per heavy atom. The molecule has 0 radical (unpaired) electrons. The zero-order valence-corrected chi connectivity index (χ0v) is 20.1. The summed E-state index contributed by atoms with van der Waals surface area (Å²) in [4.78, 5) is 23.3. The van der Waals surface area contributed by atoms with Crippen LogP contribution in [0.25, 0.3) is 10.2 Å². The van der Waals surface area contributed by atoms with Gasteiger partial charge in [0.2, 0.25) is 0 Å². The van der Waals surface area contributed by atoms with Crippen LogP contribution in [0.1, 0.15) is 22.3 Å². The number of amides is 1. The lowest BCUT2D eigenvalue weighted by Gasteiger charge is -2.20. The summed E-state index contributed by atoms with van der Waals surface area (Å²) < 4.78 is 47.5. The molecule has 0 aliphatic heterocycles. The number of benzene rings is 2. The van der Waals surface area contributed by atoms with E-state index in [0.29, 0.717) is 39.1 Å². The molecule has 0 aliphatic carbocycles. The molecule has 0 unspecified atom stereocenters. The van der Waals surface area contributed by atoms with E-state index in [9.17, 15) is 18.0 Å². The molecule has 0 atom stereocenters. The molecule has 2 aromatic carbocycles.